The van der Waals surface area contributed by atoms with Crippen molar-refractivity contribution >= 4 is 49.1 Å². The van der Waals surface area contributed by atoms with Crippen molar-refractivity contribution < 1.29 is 27.5 Å². The number of hydrogen-bond donors (Lipinski definition) is 1. The highest BCUT2D eigenvalue weighted by Gasteiger charge is 2.16. The summed E-state index contributed by atoms with van der Waals surface area (Å²) in [6.07, 6.45) is 5.53. The molecular formula is C27H23N3O6S2. The van der Waals surface area contributed by atoms with Gasteiger partial charge in [-0.15, -0.1) is 6.42 Å². The number of benzene rings is 3. The number of carbonyl (C=O) groups excluding carboxylic acids is 2. The maximum absolute atomic E-state index is 12.9. The van der Waals surface area contributed by atoms with Gasteiger partial charge in [0, 0.05) is 11.3 Å². The standard InChI is InChI=1S/C27H23N3O6S2/c1-4-16-30-23-15-8-19(26(32)36-5-2)17-24(23)37-27(30)28-25(31)18-6-9-20(10-7-18)29-38(33,34)22-13-11-21(35-3)12-14-22/h1,6-15,17,29H,5,16H2,2-3H3. The van der Waals surface area contributed by atoms with Gasteiger partial charge in [-0.1, -0.05) is 17.3 Å². The van der Waals surface area contributed by atoms with Crippen LogP contribution >= 0.6 is 11.3 Å². The van der Waals surface area contributed by atoms with Crippen molar-refractivity contribution in [3.05, 3.63) is 82.7 Å². The van der Waals surface area contributed by atoms with E-state index in [1.807, 2.05) is 0 Å². The van der Waals surface area contributed by atoms with Crippen LogP contribution in [0.4, 0.5) is 5.69 Å². The maximum Gasteiger partial charge on any atom is 0.338 e. The number of anilines is 1. The number of carbonyl (C=O) groups is 2. The zero-order valence-corrected chi connectivity index (χ0v) is 22.1. The van der Waals surface area contributed by atoms with Gasteiger partial charge in [-0.25, -0.2) is 13.2 Å². The number of amides is 1. The average Bonchev–Trinajstić information content (AvgIpc) is 3.25. The molecule has 1 aromatic heterocycles. The summed E-state index contributed by atoms with van der Waals surface area (Å²) >= 11 is 1.22. The van der Waals surface area contributed by atoms with Crippen LogP contribution in [0.1, 0.15) is 27.6 Å². The van der Waals surface area contributed by atoms with Gasteiger partial charge in [0.2, 0.25) is 0 Å². The van der Waals surface area contributed by atoms with Crippen LogP contribution in [0, 0.1) is 12.3 Å². The summed E-state index contributed by atoms with van der Waals surface area (Å²) in [4.78, 5) is 29.7. The zero-order chi connectivity index (χ0) is 27.3. The first-order valence-corrected chi connectivity index (χ1v) is 13.7. The monoisotopic (exact) mass is 549 g/mol. The highest BCUT2D eigenvalue weighted by atomic mass is 32.2. The van der Waals surface area contributed by atoms with E-state index in [0.29, 0.717) is 16.1 Å². The van der Waals surface area contributed by atoms with Gasteiger partial charge in [0.1, 0.15) is 5.75 Å². The fraction of sp³-hybridized carbons (Fsp3) is 0.148. The SMILES string of the molecule is C#CCn1c(=NC(=O)c2ccc(NS(=O)(=O)c3ccc(OC)cc3)cc2)sc2cc(C(=O)OCC)ccc21. The molecule has 4 aromatic rings. The predicted molar refractivity (Wildman–Crippen MR) is 145 cm³/mol. The Morgan fingerprint density at radius 1 is 1.05 bits per heavy atom. The van der Waals surface area contributed by atoms with E-state index in [2.05, 4.69) is 15.6 Å². The van der Waals surface area contributed by atoms with Crippen LogP contribution in [0.5, 0.6) is 5.75 Å². The van der Waals surface area contributed by atoms with Crippen LogP contribution in [0.3, 0.4) is 0 Å². The summed E-state index contributed by atoms with van der Waals surface area (Å²) in [5.74, 6) is 2.12. The first-order valence-electron chi connectivity index (χ1n) is 11.4. The molecule has 194 valence electrons. The molecule has 0 radical (unpaired) electrons. The number of fused-ring (bicyclic) bond motifs is 1. The highest BCUT2D eigenvalue weighted by molar-refractivity contribution is 7.92. The smallest absolute Gasteiger partial charge is 0.338 e. The van der Waals surface area contributed by atoms with Gasteiger partial charge in [0.25, 0.3) is 15.9 Å². The van der Waals surface area contributed by atoms with E-state index in [-0.39, 0.29) is 29.3 Å². The number of nitrogens with zero attached hydrogens (tertiary/aromatic N) is 2. The molecule has 0 spiro atoms. The fourth-order valence-corrected chi connectivity index (χ4v) is 5.67. The Hall–Kier alpha value is -4.40. The minimum Gasteiger partial charge on any atom is -0.497 e. The molecule has 0 aliphatic carbocycles. The normalized spacial score (nSPS) is 11.7. The minimum absolute atomic E-state index is 0.0717. The number of esters is 1. The molecule has 9 nitrogen and oxygen atoms in total. The lowest BCUT2D eigenvalue weighted by atomic mass is 10.2. The van der Waals surface area contributed by atoms with Crippen molar-refractivity contribution in [2.24, 2.45) is 4.99 Å². The summed E-state index contributed by atoms with van der Waals surface area (Å²) in [6, 6.07) is 17.0. The summed E-state index contributed by atoms with van der Waals surface area (Å²) in [5.41, 5.74) is 1.66. The van der Waals surface area contributed by atoms with Gasteiger partial charge in [-0.05, 0) is 73.7 Å². The lowest BCUT2D eigenvalue weighted by Crippen LogP contribution is -2.16. The number of thiazole rings is 1. The second kappa shape index (κ2) is 11.3. The highest BCUT2D eigenvalue weighted by Crippen LogP contribution is 2.21. The second-order valence-electron chi connectivity index (χ2n) is 7.85. The third-order valence-electron chi connectivity index (χ3n) is 5.39. The third kappa shape index (κ3) is 5.77. The van der Waals surface area contributed by atoms with Crippen molar-refractivity contribution in [3.8, 4) is 18.1 Å². The van der Waals surface area contributed by atoms with Gasteiger partial charge >= 0.3 is 5.97 Å². The summed E-state index contributed by atoms with van der Waals surface area (Å²) in [5, 5.41) is 0. The molecule has 0 atom stereocenters. The van der Waals surface area contributed by atoms with Gasteiger partial charge < -0.3 is 14.0 Å². The van der Waals surface area contributed by atoms with Crippen molar-refractivity contribution in [2.45, 2.75) is 18.4 Å². The van der Waals surface area contributed by atoms with Crippen LogP contribution < -0.4 is 14.3 Å². The summed E-state index contributed by atoms with van der Waals surface area (Å²) < 4.78 is 40.4. The molecule has 1 heterocycles. The van der Waals surface area contributed by atoms with E-state index in [9.17, 15) is 18.0 Å². The third-order valence-corrected chi connectivity index (χ3v) is 7.83. The Morgan fingerprint density at radius 3 is 2.37 bits per heavy atom. The first kappa shape index (κ1) is 26.7. The van der Waals surface area contributed by atoms with E-state index in [1.165, 1.54) is 54.8 Å². The van der Waals surface area contributed by atoms with Gasteiger partial charge in [-0.3, -0.25) is 9.52 Å². The second-order valence-corrected chi connectivity index (χ2v) is 10.5. The molecule has 4 rings (SSSR count). The molecule has 0 bridgehead atoms. The van der Waals surface area contributed by atoms with Gasteiger partial charge in [0.15, 0.2) is 4.80 Å². The lowest BCUT2D eigenvalue weighted by molar-refractivity contribution is 0.0526. The van der Waals surface area contributed by atoms with Gasteiger partial charge in [0.05, 0.1) is 40.9 Å². The van der Waals surface area contributed by atoms with Crippen LogP contribution in [0.15, 0.2) is 76.6 Å². The maximum atomic E-state index is 12.9. The van der Waals surface area contributed by atoms with Crippen molar-refractivity contribution in [3.63, 3.8) is 0 Å². The minimum atomic E-state index is -3.83. The molecule has 0 saturated heterocycles. The number of aromatic nitrogens is 1. The Morgan fingerprint density at radius 2 is 1.74 bits per heavy atom. The Labute approximate surface area is 223 Å². The average molecular weight is 550 g/mol. The lowest BCUT2D eigenvalue weighted by Gasteiger charge is -2.09. The largest absolute Gasteiger partial charge is 0.497 e. The van der Waals surface area contributed by atoms with E-state index in [0.717, 1.165) is 10.2 Å². The van der Waals surface area contributed by atoms with Crippen LogP contribution in [0.2, 0.25) is 0 Å². The predicted octanol–water partition coefficient (Wildman–Crippen LogP) is 4.06. The van der Waals surface area contributed by atoms with Crippen LogP contribution in [-0.4, -0.2) is 38.6 Å². The fourth-order valence-electron chi connectivity index (χ4n) is 3.55. The molecular weight excluding hydrogens is 526 g/mol. The van der Waals surface area contributed by atoms with E-state index < -0.39 is 21.9 Å². The summed E-state index contributed by atoms with van der Waals surface area (Å²) in [7, 11) is -2.33. The molecule has 0 unspecified atom stereocenters. The first-order chi connectivity index (χ1) is 18.2. The topological polar surface area (TPSA) is 116 Å². The van der Waals surface area contributed by atoms with Crippen molar-refractivity contribution in [1.82, 2.24) is 4.57 Å². The van der Waals surface area contributed by atoms with Crippen molar-refractivity contribution in [1.29, 1.82) is 0 Å². The molecule has 0 saturated carbocycles. The summed E-state index contributed by atoms with van der Waals surface area (Å²) in [6.45, 7) is 2.17. The number of methoxy groups -OCH3 is 1. The number of nitrogens with one attached hydrogen (secondary N) is 1. The van der Waals surface area contributed by atoms with E-state index in [1.54, 1.807) is 41.8 Å². The number of terminal acetylenes is 1. The number of ether oxygens (including phenoxy) is 2. The molecule has 11 heteroatoms. The number of rotatable bonds is 8. The molecule has 38 heavy (non-hydrogen) atoms. The quantitative estimate of drug-likeness (QED) is 0.262. The van der Waals surface area contributed by atoms with E-state index >= 15 is 0 Å². The Balaban J connectivity index is 1.59. The Bertz CT molecular complexity index is 1710. The Kier molecular flexibility index (Phi) is 7.95. The molecule has 0 aliphatic heterocycles. The van der Waals surface area contributed by atoms with Crippen LogP contribution in [-0.2, 0) is 21.3 Å². The molecule has 0 fully saturated rings. The molecule has 3 aromatic carbocycles. The van der Waals surface area contributed by atoms with Crippen LogP contribution in [0.25, 0.3) is 10.2 Å². The van der Waals surface area contributed by atoms with Gasteiger partial charge in [-0.2, -0.15) is 4.99 Å². The molecule has 1 amide bonds. The zero-order valence-electron chi connectivity index (χ0n) is 20.5. The number of hydrogen-bond acceptors (Lipinski definition) is 7. The molecule has 0 aliphatic rings. The molecule has 1 N–H and O–H groups in total. The number of sulfonamides is 1. The van der Waals surface area contributed by atoms with E-state index in [4.69, 9.17) is 15.9 Å². The van der Waals surface area contributed by atoms with Crippen molar-refractivity contribution in [2.75, 3.05) is 18.4 Å².